The third-order valence-corrected chi connectivity index (χ3v) is 5.30. The SMILES string of the molecule is CCOCCCNC(=O)C(NC(=O)C1CCC(C(C)C)CC1)C(C)C. The molecule has 1 aliphatic carbocycles. The minimum absolute atomic E-state index is 0.0466. The predicted molar refractivity (Wildman–Crippen MR) is 101 cm³/mol. The molecule has 0 saturated heterocycles. The third-order valence-electron chi connectivity index (χ3n) is 5.30. The van der Waals surface area contributed by atoms with E-state index in [2.05, 4.69) is 24.5 Å². The second-order valence-corrected chi connectivity index (χ2v) is 7.93. The lowest BCUT2D eigenvalue weighted by Crippen LogP contribution is -2.51. The molecule has 1 unspecified atom stereocenters. The van der Waals surface area contributed by atoms with E-state index < -0.39 is 6.04 Å². The molecular weight excluding hydrogens is 316 g/mol. The highest BCUT2D eigenvalue weighted by Crippen LogP contribution is 2.33. The van der Waals surface area contributed by atoms with Gasteiger partial charge in [0.25, 0.3) is 0 Å². The van der Waals surface area contributed by atoms with Crippen molar-refractivity contribution in [2.45, 2.75) is 72.8 Å². The number of amides is 2. The van der Waals surface area contributed by atoms with Crippen LogP contribution in [0.15, 0.2) is 0 Å². The van der Waals surface area contributed by atoms with Crippen molar-refractivity contribution in [3.8, 4) is 0 Å². The molecule has 146 valence electrons. The first-order chi connectivity index (χ1) is 11.9. The van der Waals surface area contributed by atoms with Gasteiger partial charge in [0, 0.05) is 25.7 Å². The normalized spacial score (nSPS) is 22.0. The Balaban J connectivity index is 2.43. The van der Waals surface area contributed by atoms with Gasteiger partial charge in [-0.3, -0.25) is 9.59 Å². The van der Waals surface area contributed by atoms with Gasteiger partial charge in [-0.25, -0.2) is 0 Å². The molecule has 0 aromatic heterocycles. The number of rotatable bonds is 10. The second-order valence-electron chi connectivity index (χ2n) is 7.93. The molecule has 1 atom stereocenters. The van der Waals surface area contributed by atoms with Gasteiger partial charge < -0.3 is 15.4 Å². The third kappa shape index (κ3) is 7.76. The Morgan fingerprint density at radius 1 is 1.08 bits per heavy atom. The first-order valence-electron chi connectivity index (χ1n) is 10.0. The number of nitrogens with one attached hydrogen (secondary N) is 2. The molecule has 1 rings (SSSR count). The maximum atomic E-state index is 12.6. The van der Waals surface area contributed by atoms with Crippen LogP contribution in [-0.2, 0) is 14.3 Å². The van der Waals surface area contributed by atoms with Crippen molar-refractivity contribution in [1.82, 2.24) is 10.6 Å². The summed E-state index contributed by atoms with van der Waals surface area (Å²) in [5, 5.41) is 5.92. The van der Waals surface area contributed by atoms with E-state index in [1.54, 1.807) is 0 Å². The van der Waals surface area contributed by atoms with Gasteiger partial charge in [0.1, 0.15) is 6.04 Å². The van der Waals surface area contributed by atoms with Crippen LogP contribution in [0.5, 0.6) is 0 Å². The van der Waals surface area contributed by atoms with E-state index in [0.29, 0.717) is 25.7 Å². The Morgan fingerprint density at radius 2 is 1.72 bits per heavy atom. The summed E-state index contributed by atoms with van der Waals surface area (Å²) < 4.78 is 5.27. The number of ether oxygens (including phenoxy) is 1. The first-order valence-corrected chi connectivity index (χ1v) is 10.0. The average Bonchev–Trinajstić information content (AvgIpc) is 2.58. The van der Waals surface area contributed by atoms with Crippen molar-refractivity contribution in [3.63, 3.8) is 0 Å². The van der Waals surface area contributed by atoms with Crippen molar-refractivity contribution in [2.24, 2.45) is 23.7 Å². The molecule has 0 radical (unpaired) electrons. The lowest BCUT2D eigenvalue weighted by molar-refractivity contribution is -0.133. The second kappa shape index (κ2) is 11.5. The molecule has 1 saturated carbocycles. The molecule has 1 aliphatic rings. The fourth-order valence-corrected chi connectivity index (χ4v) is 3.49. The molecule has 25 heavy (non-hydrogen) atoms. The number of hydrogen-bond donors (Lipinski definition) is 2. The molecule has 0 bridgehead atoms. The molecule has 5 heteroatoms. The van der Waals surface area contributed by atoms with E-state index in [-0.39, 0.29) is 23.7 Å². The zero-order valence-corrected chi connectivity index (χ0v) is 16.8. The monoisotopic (exact) mass is 354 g/mol. The first kappa shape index (κ1) is 21.9. The van der Waals surface area contributed by atoms with Crippen molar-refractivity contribution < 1.29 is 14.3 Å². The van der Waals surface area contributed by atoms with Crippen LogP contribution in [0.4, 0.5) is 0 Å². The summed E-state index contributed by atoms with van der Waals surface area (Å²) in [7, 11) is 0. The largest absolute Gasteiger partial charge is 0.382 e. The highest BCUT2D eigenvalue weighted by atomic mass is 16.5. The smallest absolute Gasteiger partial charge is 0.242 e. The maximum absolute atomic E-state index is 12.6. The molecule has 0 spiro atoms. The Labute approximate surface area is 153 Å². The van der Waals surface area contributed by atoms with Gasteiger partial charge in [-0.15, -0.1) is 0 Å². The van der Waals surface area contributed by atoms with Crippen molar-refractivity contribution in [3.05, 3.63) is 0 Å². The molecule has 0 aliphatic heterocycles. The van der Waals surface area contributed by atoms with E-state index in [1.165, 1.54) is 0 Å². The van der Waals surface area contributed by atoms with E-state index in [4.69, 9.17) is 4.74 Å². The van der Waals surface area contributed by atoms with Crippen LogP contribution in [0.25, 0.3) is 0 Å². The Bertz CT molecular complexity index is 402. The van der Waals surface area contributed by atoms with Gasteiger partial charge in [-0.1, -0.05) is 27.7 Å². The fraction of sp³-hybridized carbons (Fsp3) is 0.900. The highest BCUT2D eigenvalue weighted by molar-refractivity contribution is 5.88. The van der Waals surface area contributed by atoms with Gasteiger partial charge in [0.2, 0.25) is 11.8 Å². The lowest BCUT2D eigenvalue weighted by atomic mass is 9.76. The van der Waals surface area contributed by atoms with E-state index in [1.807, 2.05) is 20.8 Å². The highest BCUT2D eigenvalue weighted by Gasteiger charge is 2.31. The van der Waals surface area contributed by atoms with Gasteiger partial charge in [-0.05, 0) is 56.8 Å². The number of hydrogen-bond acceptors (Lipinski definition) is 3. The Morgan fingerprint density at radius 3 is 2.24 bits per heavy atom. The van der Waals surface area contributed by atoms with Gasteiger partial charge >= 0.3 is 0 Å². The molecule has 5 nitrogen and oxygen atoms in total. The van der Waals surface area contributed by atoms with Crippen LogP contribution in [0, 0.1) is 23.7 Å². The molecule has 2 amide bonds. The Hall–Kier alpha value is -1.10. The van der Waals surface area contributed by atoms with Crippen LogP contribution in [0.1, 0.15) is 66.7 Å². The number of carbonyl (C=O) groups is 2. The maximum Gasteiger partial charge on any atom is 0.242 e. The Kier molecular flexibility index (Phi) is 10.1. The van der Waals surface area contributed by atoms with E-state index in [0.717, 1.165) is 38.0 Å². The summed E-state index contributed by atoms with van der Waals surface area (Å²) >= 11 is 0. The summed E-state index contributed by atoms with van der Waals surface area (Å²) in [6.07, 6.45) is 4.90. The van der Waals surface area contributed by atoms with Crippen LogP contribution in [0.2, 0.25) is 0 Å². The topological polar surface area (TPSA) is 67.4 Å². The minimum atomic E-state index is -0.456. The van der Waals surface area contributed by atoms with Crippen LogP contribution in [0.3, 0.4) is 0 Å². The van der Waals surface area contributed by atoms with Crippen LogP contribution in [-0.4, -0.2) is 37.6 Å². The predicted octanol–water partition coefficient (Wildman–Crippen LogP) is 3.13. The molecule has 0 aromatic carbocycles. The summed E-state index contributed by atoms with van der Waals surface area (Å²) in [6.45, 7) is 12.3. The molecule has 1 fully saturated rings. The molecule has 2 N–H and O–H groups in total. The van der Waals surface area contributed by atoms with Crippen LogP contribution < -0.4 is 10.6 Å². The summed E-state index contributed by atoms with van der Waals surface area (Å²) in [5.41, 5.74) is 0. The molecule has 0 aromatic rings. The van der Waals surface area contributed by atoms with Gasteiger partial charge in [0.05, 0.1) is 0 Å². The van der Waals surface area contributed by atoms with E-state index in [9.17, 15) is 9.59 Å². The standard InChI is InChI=1S/C20H38N2O3/c1-6-25-13-7-12-21-20(24)18(15(4)5)22-19(23)17-10-8-16(9-11-17)14(2)3/h14-18H,6-13H2,1-5H3,(H,21,24)(H,22,23). The number of carbonyl (C=O) groups excluding carboxylic acids is 2. The summed E-state index contributed by atoms with van der Waals surface area (Å²) in [6, 6.07) is -0.456. The van der Waals surface area contributed by atoms with Crippen molar-refractivity contribution in [1.29, 1.82) is 0 Å². The molecular formula is C20H38N2O3. The lowest BCUT2D eigenvalue weighted by Gasteiger charge is -2.31. The average molecular weight is 355 g/mol. The summed E-state index contributed by atoms with van der Waals surface area (Å²) in [5.74, 6) is 1.51. The fourth-order valence-electron chi connectivity index (χ4n) is 3.49. The van der Waals surface area contributed by atoms with Crippen LogP contribution >= 0.6 is 0 Å². The quantitative estimate of drug-likeness (QED) is 0.592. The minimum Gasteiger partial charge on any atom is -0.382 e. The zero-order chi connectivity index (χ0) is 18.8. The zero-order valence-electron chi connectivity index (χ0n) is 16.8. The van der Waals surface area contributed by atoms with Crippen molar-refractivity contribution in [2.75, 3.05) is 19.8 Å². The van der Waals surface area contributed by atoms with E-state index >= 15 is 0 Å². The van der Waals surface area contributed by atoms with Gasteiger partial charge in [0.15, 0.2) is 0 Å². The molecule has 0 heterocycles. The van der Waals surface area contributed by atoms with Gasteiger partial charge in [-0.2, -0.15) is 0 Å². The summed E-state index contributed by atoms with van der Waals surface area (Å²) in [4.78, 5) is 25.0. The van der Waals surface area contributed by atoms with Crippen molar-refractivity contribution >= 4 is 11.8 Å².